The molecule has 0 unspecified atom stereocenters. The van der Waals surface area contributed by atoms with Gasteiger partial charge in [0.2, 0.25) is 0 Å². The van der Waals surface area contributed by atoms with Gasteiger partial charge in [0.15, 0.2) is 0 Å². The molecule has 0 aromatic carbocycles. The van der Waals surface area contributed by atoms with Crippen LogP contribution >= 0.6 is 0 Å². The predicted molar refractivity (Wildman–Crippen MR) is 37.7 cm³/mol. The van der Waals surface area contributed by atoms with E-state index in [9.17, 15) is 4.39 Å². The zero-order valence-corrected chi connectivity index (χ0v) is 6.02. The summed E-state index contributed by atoms with van der Waals surface area (Å²) in [7, 11) is 0. The molecule has 58 valence electrons. The van der Waals surface area contributed by atoms with Crippen molar-refractivity contribution in [1.82, 2.24) is 10.2 Å². The fraction of sp³-hybridized carbons (Fsp3) is 1.00. The molecule has 0 radical (unpaired) electrons. The van der Waals surface area contributed by atoms with Gasteiger partial charge in [0.25, 0.3) is 0 Å². The first kappa shape index (κ1) is 6.55. The molecule has 0 bridgehead atoms. The van der Waals surface area contributed by atoms with Gasteiger partial charge in [-0.2, -0.15) is 0 Å². The van der Waals surface area contributed by atoms with Crippen molar-refractivity contribution < 1.29 is 4.39 Å². The molecule has 2 saturated heterocycles. The highest BCUT2D eigenvalue weighted by molar-refractivity contribution is 4.89. The second-order valence-electron chi connectivity index (χ2n) is 3.19. The molecule has 2 rings (SSSR count). The maximum absolute atomic E-state index is 12.6. The van der Waals surface area contributed by atoms with Crippen molar-refractivity contribution in [2.75, 3.05) is 26.2 Å². The highest BCUT2D eigenvalue weighted by Crippen LogP contribution is 2.16. The summed E-state index contributed by atoms with van der Waals surface area (Å²) < 4.78 is 12.6. The highest BCUT2D eigenvalue weighted by Gasteiger charge is 2.30. The minimum absolute atomic E-state index is 0.555. The van der Waals surface area contributed by atoms with Crippen LogP contribution in [0.3, 0.4) is 0 Å². The van der Waals surface area contributed by atoms with E-state index in [0.717, 1.165) is 26.1 Å². The number of nitrogens with zero attached hydrogens (tertiary/aromatic N) is 1. The van der Waals surface area contributed by atoms with E-state index >= 15 is 0 Å². The first-order chi connectivity index (χ1) is 4.86. The lowest BCUT2D eigenvalue weighted by Gasteiger charge is -2.35. The van der Waals surface area contributed by atoms with Crippen LogP contribution in [0, 0.1) is 0 Å². The van der Waals surface area contributed by atoms with E-state index in [0.29, 0.717) is 12.6 Å². The van der Waals surface area contributed by atoms with Crippen LogP contribution in [0.4, 0.5) is 4.39 Å². The average molecular weight is 144 g/mol. The third-order valence-electron chi connectivity index (χ3n) is 2.44. The largest absolute Gasteiger partial charge is 0.314 e. The van der Waals surface area contributed by atoms with Gasteiger partial charge in [0.1, 0.15) is 6.17 Å². The topological polar surface area (TPSA) is 15.3 Å². The molecular weight excluding hydrogens is 131 g/mol. The standard InChI is InChI=1S/C7H13FN2/c8-6-1-2-10(5-6)7-3-9-4-7/h6-7,9H,1-5H2/t6-/m1/s1. The van der Waals surface area contributed by atoms with Crippen molar-refractivity contribution in [1.29, 1.82) is 0 Å². The first-order valence-electron chi connectivity index (χ1n) is 3.95. The summed E-state index contributed by atoms with van der Waals surface area (Å²) in [5.41, 5.74) is 0. The van der Waals surface area contributed by atoms with E-state index in [1.165, 1.54) is 0 Å². The van der Waals surface area contributed by atoms with Crippen molar-refractivity contribution in [2.24, 2.45) is 0 Å². The molecule has 2 aliphatic heterocycles. The van der Waals surface area contributed by atoms with E-state index in [2.05, 4.69) is 10.2 Å². The van der Waals surface area contributed by atoms with Crippen LogP contribution in [0.1, 0.15) is 6.42 Å². The van der Waals surface area contributed by atoms with Gasteiger partial charge in [-0.05, 0) is 6.42 Å². The Labute approximate surface area is 60.4 Å². The van der Waals surface area contributed by atoms with E-state index in [4.69, 9.17) is 0 Å². The summed E-state index contributed by atoms with van der Waals surface area (Å²) in [4.78, 5) is 2.25. The normalized spacial score (nSPS) is 36.3. The minimum atomic E-state index is -0.555. The molecule has 1 atom stereocenters. The molecule has 0 saturated carbocycles. The van der Waals surface area contributed by atoms with E-state index in [1.54, 1.807) is 0 Å². The minimum Gasteiger partial charge on any atom is -0.314 e. The molecule has 2 nitrogen and oxygen atoms in total. The van der Waals surface area contributed by atoms with E-state index < -0.39 is 6.17 Å². The van der Waals surface area contributed by atoms with Crippen LogP contribution in [0.2, 0.25) is 0 Å². The molecule has 10 heavy (non-hydrogen) atoms. The van der Waals surface area contributed by atoms with Gasteiger partial charge < -0.3 is 5.32 Å². The van der Waals surface area contributed by atoms with Gasteiger partial charge >= 0.3 is 0 Å². The molecule has 0 aromatic rings. The summed E-state index contributed by atoms with van der Waals surface area (Å²) >= 11 is 0. The van der Waals surface area contributed by atoms with Crippen LogP contribution in [0.5, 0.6) is 0 Å². The summed E-state index contributed by atoms with van der Waals surface area (Å²) in [6, 6.07) is 0.640. The van der Waals surface area contributed by atoms with Crippen LogP contribution in [-0.4, -0.2) is 43.3 Å². The zero-order chi connectivity index (χ0) is 6.97. The third kappa shape index (κ3) is 1.04. The SMILES string of the molecule is F[C@@H]1CCN(C2CNC2)C1. The Morgan fingerprint density at radius 1 is 1.40 bits per heavy atom. The van der Waals surface area contributed by atoms with Crippen molar-refractivity contribution >= 4 is 0 Å². The number of likely N-dealkylation sites (tertiary alicyclic amines) is 1. The Balaban J connectivity index is 1.82. The lowest BCUT2D eigenvalue weighted by Crippen LogP contribution is -2.56. The van der Waals surface area contributed by atoms with Crippen LogP contribution in [0.25, 0.3) is 0 Å². The molecular formula is C7H13FN2. The fourth-order valence-corrected chi connectivity index (χ4v) is 1.61. The van der Waals surface area contributed by atoms with Gasteiger partial charge in [-0.1, -0.05) is 0 Å². The van der Waals surface area contributed by atoms with Gasteiger partial charge in [-0.3, -0.25) is 4.90 Å². The Hall–Kier alpha value is -0.150. The van der Waals surface area contributed by atoms with Crippen molar-refractivity contribution in [3.05, 3.63) is 0 Å². The molecule has 2 fully saturated rings. The predicted octanol–water partition coefficient (Wildman–Crippen LogP) is 0.00200. The first-order valence-corrected chi connectivity index (χ1v) is 3.95. The molecule has 0 aromatic heterocycles. The molecule has 0 amide bonds. The van der Waals surface area contributed by atoms with E-state index in [1.807, 2.05) is 0 Å². The summed E-state index contributed by atoms with van der Waals surface area (Å²) in [6.07, 6.45) is 0.192. The maximum Gasteiger partial charge on any atom is 0.114 e. The Morgan fingerprint density at radius 2 is 2.20 bits per heavy atom. The smallest absolute Gasteiger partial charge is 0.114 e. The second kappa shape index (κ2) is 2.47. The summed E-state index contributed by atoms with van der Waals surface area (Å²) in [6.45, 7) is 3.76. The Kier molecular flexibility index (Phi) is 1.62. The molecule has 0 aliphatic carbocycles. The lowest BCUT2D eigenvalue weighted by atomic mass is 10.1. The van der Waals surface area contributed by atoms with Gasteiger partial charge in [0.05, 0.1) is 0 Å². The van der Waals surface area contributed by atoms with Gasteiger partial charge in [0, 0.05) is 32.2 Å². The second-order valence-corrected chi connectivity index (χ2v) is 3.19. The summed E-state index contributed by atoms with van der Waals surface area (Å²) in [5, 5.41) is 3.19. The zero-order valence-electron chi connectivity index (χ0n) is 6.02. The molecule has 2 heterocycles. The third-order valence-corrected chi connectivity index (χ3v) is 2.44. The Bertz CT molecular complexity index is 125. The quantitative estimate of drug-likeness (QED) is 0.557. The molecule has 1 N–H and O–H groups in total. The molecule has 0 spiro atoms. The fourth-order valence-electron chi connectivity index (χ4n) is 1.61. The van der Waals surface area contributed by atoms with Gasteiger partial charge in [-0.15, -0.1) is 0 Å². The highest BCUT2D eigenvalue weighted by atomic mass is 19.1. The molecule has 2 aliphatic rings. The van der Waals surface area contributed by atoms with Gasteiger partial charge in [-0.25, -0.2) is 4.39 Å². The van der Waals surface area contributed by atoms with Crippen LogP contribution < -0.4 is 5.32 Å². The van der Waals surface area contributed by atoms with E-state index in [-0.39, 0.29) is 0 Å². The maximum atomic E-state index is 12.6. The Morgan fingerprint density at radius 3 is 2.60 bits per heavy atom. The van der Waals surface area contributed by atoms with Crippen molar-refractivity contribution in [3.63, 3.8) is 0 Å². The number of hydrogen-bond donors (Lipinski definition) is 1. The monoisotopic (exact) mass is 144 g/mol. The average Bonchev–Trinajstić information content (AvgIpc) is 2.10. The number of rotatable bonds is 1. The van der Waals surface area contributed by atoms with Crippen molar-refractivity contribution in [3.8, 4) is 0 Å². The number of halogens is 1. The lowest BCUT2D eigenvalue weighted by molar-refractivity contribution is 0.167. The van der Waals surface area contributed by atoms with Crippen molar-refractivity contribution in [2.45, 2.75) is 18.6 Å². The summed E-state index contributed by atoms with van der Waals surface area (Å²) in [5.74, 6) is 0. The number of alkyl halides is 1. The number of nitrogens with one attached hydrogen (secondary N) is 1. The number of hydrogen-bond acceptors (Lipinski definition) is 2. The van der Waals surface area contributed by atoms with Crippen LogP contribution in [-0.2, 0) is 0 Å². The van der Waals surface area contributed by atoms with Crippen LogP contribution in [0.15, 0.2) is 0 Å². The molecule has 3 heteroatoms.